The minimum absolute atomic E-state index is 0.0198. The zero-order valence-corrected chi connectivity index (χ0v) is 10.1. The number of carbonyl (C=O) groups excluding carboxylic acids is 1. The lowest BCUT2D eigenvalue weighted by molar-refractivity contribution is 0.0828. The Balaban J connectivity index is 2.86. The third-order valence-electron chi connectivity index (χ3n) is 2.73. The highest BCUT2D eigenvalue weighted by atomic mass is 19.2. The molecule has 1 aromatic heterocycles. The second kappa shape index (κ2) is 4.04. The fourth-order valence-corrected chi connectivity index (χ4v) is 1.88. The molecular weight excluding hydrogens is 245 g/mol. The predicted octanol–water partition coefficient (Wildman–Crippen LogP) is 2.60. The molecule has 0 radical (unpaired) electrons. The lowest BCUT2D eigenvalue weighted by Crippen LogP contribution is -2.22. The Morgan fingerprint density at radius 3 is 2.39 bits per heavy atom. The SMILES string of the molecule is Cc1[nH]c2cc(F)c(F)c(F)c2c1C(=O)N(C)C. The van der Waals surface area contributed by atoms with Crippen LogP contribution in [0, 0.1) is 24.4 Å². The molecule has 3 nitrogen and oxygen atoms in total. The molecule has 2 rings (SSSR count). The van der Waals surface area contributed by atoms with Gasteiger partial charge in [-0.2, -0.15) is 0 Å². The molecule has 0 saturated heterocycles. The number of fused-ring (bicyclic) bond motifs is 1. The maximum Gasteiger partial charge on any atom is 0.255 e. The van der Waals surface area contributed by atoms with Gasteiger partial charge in [-0.1, -0.05) is 0 Å². The van der Waals surface area contributed by atoms with Crippen LogP contribution in [-0.2, 0) is 0 Å². The van der Waals surface area contributed by atoms with Crippen molar-refractivity contribution in [2.75, 3.05) is 14.1 Å². The van der Waals surface area contributed by atoms with Gasteiger partial charge < -0.3 is 9.88 Å². The molecule has 18 heavy (non-hydrogen) atoms. The number of aromatic amines is 1. The van der Waals surface area contributed by atoms with Crippen molar-refractivity contribution < 1.29 is 18.0 Å². The van der Waals surface area contributed by atoms with E-state index in [1.165, 1.54) is 19.0 Å². The molecule has 1 amide bonds. The number of nitrogens with zero attached hydrogens (tertiary/aromatic N) is 1. The Kier molecular flexibility index (Phi) is 2.80. The van der Waals surface area contributed by atoms with E-state index in [2.05, 4.69) is 4.98 Å². The molecule has 1 heterocycles. The number of hydrogen-bond acceptors (Lipinski definition) is 1. The molecule has 1 N–H and O–H groups in total. The molecule has 0 unspecified atom stereocenters. The van der Waals surface area contributed by atoms with Crippen LogP contribution in [0.5, 0.6) is 0 Å². The van der Waals surface area contributed by atoms with Crippen LogP contribution < -0.4 is 0 Å². The summed E-state index contributed by atoms with van der Waals surface area (Å²) in [6.07, 6.45) is 0. The summed E-state index contributed by atoms with van der Waals surface area (Å²) in [5, 5.41) is -0.217. The van der Waals surface area contributed by atoms with Crippen LogP contribution in [0.4, 0.5) is 13.2 Å². The van der Waals surface area contributed by atoms with Crippen LogP contribution in [-0.4, -0.2) is 29.9 Å². The second-order valence-electron chi connectivity index (χ2n) is 4.23. The van der Waals surface area contributed by atoms with Gasteiger partial charge in [-0.3, -0.25) is 4.79 Å². The van der Waals surface area contributed by atoms with E-state index < -0.39 is 23.4 Å². The first-order valence-corrected chi connectivity index (χ1v) is 5.22. The fourth-order valence-electron chi connectivity index (χ4n) is 1.88. The number of nitrogens with one attached hydrogen (secondary N) is 1. The summed E-state index contributed by atoms with van der Waals surface area (Å²) in [6.45, 7) is 1.55. The lowest BCUT2D eigenvalue weighted by atomic mass is 10.1. The Labute approximate surface area is 101 Å². The number of amides is 1. The molecule has 2 aromatic rings. The number of H-pyrrole nitrogens is 1. The van der Waals surface area contributed by atoms with Gasteiger partial charge in [-0.25, -0.2) is 13.2 Å². The van der Waals surface area contributed by atoms with Crippen molar-refractivity contribution in [3.05, 3.63) is 34.8 Å². The smallest absolute Gasteiger partial charge is 0.255 e. The average molecular weight is 256 g/mol. The first-order valence-electron chi connectivity index (χ1n) is 5.22. The van der Waals surface area contributed by atoms with Crippen molar-refractivity contribution in [1.82, 2.24) is 9.88 Å². The summed E-state index contributed by atoms with van der Waals surface area (Å²) in [4.78, 5) is 15.8. The molecule has 0 bridgehead atoms. The van der Waals surface area contributed by atoms with Crippen LogP contribution in [0.15, 0.2) is 6.07 Å². The summed E-state index contributed by atoms with van der Waals surface area (Å²) in [5.74, 6) is -4.68. The zero-order valence-electron chi connectivity index (χ0n) is 10.1. The molecule has 0 spiro atoms. The number of aryl methyl sites for hydroxylation is 1. The summed E-state index contributed by atoms with van der Waals surface area (Å²) in [7, 11) is 3.00. The van der Waals surface area contributed by atoms with E-state index in [1.54, 1.807) is 6.92 Å². The van der Waals surface area contributed by atoms with Crippen molar-refractivity contribution in [3.8, 4) is 0 Å². The minimum atomic E-state index is -1.57. The Hall–Kier alpha value is -1.98. The lowest BCUT2D eigenvalue weighted by Gasteiger charge is -2.10. The van der Waals surface area contributed by atoms with Gasteiger partial charge in [0.2, 0.25) is 0 Å². The highest BCUT2D eigenvalue weighted by Gasteiger charge is 2.24. The number of benzene rings is 1. The third-order valence-corrected chi connectivity index (χ3v) is 2.73. The van der Waals surface area contributed by atoms with Crippen LogP contribution in [0.3, 0.4) is 0 Å². The molecule has 0 saturated carbocycles. The highest BCUT2D eigenvalue weighted by Crippen LogP contribution is 2.28. The largest absolute Gasteiger partial charge is 0.358 e. The van der Waals surface area contributed by atoms with Gasteiger partial charge in [0.15, 0.2) is 17.5 Å². The van der Waals surface area contributed by atoms with Crippen molar-refractivity contribution >= 4 is 16.8 Å². The highest BCUT2D eigenvalue weighted by molar-refractivity contribution is 6.08. The molecule has 1 aromatic carbocycles. The van der Waals surface area contributed by atoms with E-state index in [9.17, 15) is 18.0 Å². The van der Waals surface area contributed by atoms with Crippen molar-refractivity contribution in [2.45, 2.75) is 6.92 Å². The molecule has 6 heteroatoms. The summed E-state index contributed by atoms with van der Waals surface area (Å²) < 4.78 is 40.1. The molecule has 0 aliphatic carbocycles. The Morgan fingerprint density at radius 2 is 1.83 bits per heavy atom. The fraction of sp³-hybridized carbons (Fsp3) is 0.250. The molecule has 0 aliphatic heterocycles. The standard InChI is InChI=1S/C12H11F3N2O/c1-5-8(12(18)17(2)3)9-7(16-5)4-6(13)10(14)11(9)15/h4,16H,1-3H3. The van der Waals surface area contributed by atoms with E-state index >= 15 is 0 Å². The first kappa shape index (κ1) is 12.5. The molecule has 0 fully saturated rings. The van der Waals surface area contributed by atoms with Crippen LogP contribution >= 0.6 is 0 Å². The molecule has 96 valence electrons. The van der Waals surface area contributed by atoms with Gasteiger partial charge >= 0.3 is 0 Å². The van der Waals surface area contributed by atoms with E-state index in [0.717, 1.165) is 6.07 Å². The Morgan fingerprint density at radius 1 is 1.22 bits per heavy atom. The van der Waals surface area contributed by atoms with E-state index in [1.807, 2.05) is 0 Å². The number of aromatic nitrogens is 1. The van der Waals surface area contributed by atoms with Gasteiger partial charge in [-0.15, -0.1) is 0 Å². The number of rotatable bonds is 1. The molecule has 0 atom stereocenters. The van der Waals surface area contributed by atoms with Gasteiger partial charge in [0.25, 0.3) is 5.91 Å². The average Bonchev–Trinajstić information content (AvgIpc) is 2.61. The second-order valence-corrected chi connectivity index (χ2v) is 4.23. The van der Waals surface area contributed by atoms with E-state index in [0.29, 0.717) is 5.69 Å². The maximum absolute atomic E-state index is 13.8. The van der Waals surface area contributed by atoms with Crippen molar-refractivity contribution in [3.63, 3.8) is 0 Å². The van der Waals surface area contributed by atoms with Crippen LogP contribution in [0.2, 0.25) is 0 Å². The summed E-state index contributed by atoms with van der Waals surface area (Å²) in [6, 6.07) is 0.840. The van der Waals surface area contributed by atoms with Gasteiger partial charge in [0.05, 0.1) is 16.5 Å². The van der Waals surface area contributed by atoms with Crippen LogP contribution in [0.1, 0.15) is 16.1 Å². The van der Waals surface area contributed by atoms with E-state index in [-0.39, 0.29) is 16.5 Å². The number of halogens is 3. The van der Waals surface area contributed by atoms with E-state index in [4.69, 9.17) is 0 Å². The topological polar surface area (TPSA) is 36.1 Å². The van der Waals surface area contributed by atoms with Crippen molar-refractivity contribution in [2.24, 2.45) is 0 Å². The van der Waals surface area contributed by atoms with Gasteiger partial charge in [0, 0.05) is 25.9 Å². The number of hydrogen-bond donors (Lipinski definition) is 1. The van der Waals surface area contributed by atoms with Gasteiger partial charge in [-0.05, 0) is 6.92 Å². The maximum atomic E-state index is 13.8. The molecular formula is C12H11F3N2O. The molecule has 0 aliphatic rings. The zero-order chi connectivity index (χ0) is 13.6. The minimum Gasteiger partial charge on any atom is -0.358 e. The van der Waals surface area contributed by atoms with Crippen molar-refractivity contribution in [1.29, 1.82) is 0 Å². The first-order chi connectivity index (χ1) is 8.34. The van der Waals surface area contributed by atoms with Crippen LogP contribution in [0.25, 0.3) is 10.9 Å². The Bertz CT molecular complexity index is 647. The normalized spacial score (nSPS) is 11.0. The predicted molar refractivity (Wildman–Crippen MR) is 60.9 cm³/mol. The third kappa shape index (κ3) is 1.64. The van der Waals surface area contributed by atoms with Gasteiger partial charge in [0.1, 0.15) is 0 Å². The summed E-state index contributed by atoms with van der Waals surface area (Å²) >= 11 is 0. The number of carbonyl (C=O) groups is 1. The quantitative estimate of drug-likeness (QED) is 0.782. The monoisotopic (exact) mass is 256 g/mol. The summed E-state index contributed by atoms with van der Waals surface area (Å²) in [5.41, 5.74) is 0.452.